The van der Waals surface area contributed by atoms with Gasteiger partial charge in [0.25, 0.3) is 0 Å². The first-order chi connectivity index (χ1) is 14.9. The largest absolute Gasteiger partial charge is 0.403 e. The van der Waals surface area contributed by atoms with Gasteiger partial charge in [0.2, 0.25) is 0 Å². The van der Waals surface area contributed by atoms with E-state index < -0.39 is 0 Å². The maximum atomic E-state index is 13.4. The zero-order valence-electron chi connectivity index (χ0n) is 19.9. The second-order valence-electron chi connectivity index (χ2n) is 11.3. The number of rotatable bonds is 7. The second kappa shape index (κ2) is 8.72. The van der Waals surface area contributed by atoms with Gasteiger partial charge in [-0.3, -0.25) is 9.79 Å². The highest BCUT2D eigenvalue weighted by Crippen LogP contribution is 2.76. The number of hydrogen-bond donors (Lipinski definition) is 1. The summed E-state index contributed by atoms with van der Waals surface area (Å²) in [6.45, 7) is 9.76. The van der Waals surface area contributed by atoms with Crippen LogP contribution in [0.15, 0.2) is 16.8 Å². The maximum Gasteiger partial charge on any atom is 0.158 e. The van der Waals surface area contributed by atoms with Crippen LogP contribution in [0.4, 0.5) is 0 Å². The lowest BCUT2D eigenvalue weighted by atomic mass is 9.49. The smallest absolute Gasteiger partial charge is 0.158 e. The molecule has 0 aromatic heterocycles. The molecule has 0 spiro atoms. The summed E-state index contributed by atoms with van der Waals surface area (Å²) in [7, 11) is 0. The first-order valence-electron chi connectivity index (χ1n) is 12.8. The van der Waals surface area contributed by atoms with Crippen LogP contribution in [0.2, 0.25) is 0 Å². The van der Waals surface area contributed by atoms with Crippen molar-refractivity contribution in [1.82, 2.24) is 0 Å². The number of carbonyl (C=O) groups is 1. The molecule has 4 fully saturated rings. The molecule has 0 bridgehead atoms. The van der Waals surface area contributed by atoms with Gasteiger partial charge in [-0.2, -0.15) is 5.26 Å². The molecule has 4 aliphatic carbocycles. The van der Waals surface area contributed by atoms with Gasteiger partial charge in [0.05, 0.1) is 12.1 Å². The topological polar surface area (TPSA) is 79.2 Å². The molecule has 0 radical (unpaired) electrons. The van der Waals surface area contributed by atoms with Crippen LogP contribution in [0, 0.1) is 70.0 Å². The Morgan fingerprint density at radius 3 is 2.65 bits per heavy atom. The predicted molar refractivity (Wildman–Crippen MR) is 125 cm³/mol. The fraction of sp³-hybridized carbons (Fsp3) is 0.815. The minimum absolute atomic E-state index is 0.146. The minimum Gasteiger partial charge on any atom is -0.403 e. The summed E-state index contributed by atoms with van der Waals surface area (Å²) in [5, 5.41) is 9.01. The Bertz CT molecular complexity index is 795. The molecule has 4 heteroatoms. The van der Waals surface area contributed by atoms with Crippen molar-refractivity contribution in [3.8, 4) is 6.07 Å². The zero-order chi connectivity index (χ0) is 22.3. The normalized spacial score (nSPS) is 46.2. The lowest BCUT2D eigenvalue weighted by Gasteiger charge is -2.56. The van der Waals surface area contributed by atoms with Crippen LogP contribution in [0.1, 0.15) is 72.6 Å². The first kappa shape index (κ1) is 22.6. The van der Waals surface area contributed by atoms with E-state index in [1.54, 1.807) is 0 Å². The third-order valence-corrected chi connectivity index (χ3v) is 10.1. The van der Waals surface area contributed by atoms with Crippen molar-refractivity contribution in [3.63, 3.8) is 0 Å². The van der Waals surface area contributed by atoms with E-state index in [1.807, 2.05) is 6.07 Å². The molecule has 0 aromatic carbocycles. The van der Waals surface area contributed by atoms with Crippen molar-refractivity contribution in [2.24, 2.45) is 69.4 Å². The Balaban J connectivity index is 1.55. The van der Waals surface area contributed by atoms with E-state index >= 15 is 0 Å². The van der Waals surface area contributed by atoms with Crippen molar-refractivity contribution in [1.29, 1.82) is 5.26 Å². The molecule has 4 nitrogen and oxygen atoms in total. The summed E-state index contributed by atoms with van der Waals surface area (Å²) < 4.78 is 0. The lowest BCUT2D eigenvalue weighted by molar-refractivity contribution is -0.132. The van der Waals surface area contributed by atoms with Crippen molar-refractivity contribution >= 4 is 12.0 Å². The number of nitrogens with zero attached hydrogens (tertiary/aromatic N) is 2. The second-order valence-corrected chi connectivity index (χ2v) is 11.3. The van der Waals surface area contributed by atoms with Crippen LogP contribution in [0.3, 0.4) is 0 Å². The molecule has 2 N–H and O–H groups in total. The lowest BCUT2D eigenvalue weighted by Crippen LogP contribution is -2.50. The molecule has 10 unspecified atom stereocenters. The van der Waals surface area contributed by atoms with Crippen molar-refractivity contribution in [2.45, 2.75) is 72.6 Å². The van der Waals surface area contributed by atoms with Gasteiger partial charge in [-0.25, -0.2) is 0 Å². The zero-order valence-corrected chi connectivity index (χ0v) is 19.9. The highest BCUT2D eigenvalue weighted by Gasteiger charge is 2.73. The van der Waals surface area contributed by atoms with Crippen molar-refractivity contribution in [2.75, 3.05) is 6.54 Å². The molecule has 4 aliphatic rings. The Hall–Kier alpha value is -1.63. The van der Waals surface area contributed by atoms with Gasteiger partial charge in [-0.05, 0) is 78.4 Å². The SMILES string of the molecule is CCCC1C(CC)CCC2C1CCC1(C)C(C(=O)CN=CC(C#N)=CN)C3C(C)C3C21. The molecule has 0 aromatic rings. The Kier molecular flexibility index (Phi) is 6.35. The number of carbonyl (C=O) groups excluding carboxylic acids is 1. The van der Waals surface area contributed by atoms with Crippen LogP contribution in [-0.2, 0) is 4.79 Å². The fourth-order valence-corrected chi connectivity index (χ4v) is 8.97. The number of allylic oxidation sites excluding steroid dienone is 1. The van der Waals surface area contributed by atoms with E-state index in [9.17, 15) is 4.79 Å². The molecule has 4 saturated carbocycles. The molecular weight excluding hydrogens is 382 g/mol. The summed E-state index contributed by atoms with van der Waals surface area (Å²) in [5.74, 6) is 6.67. The highest BCUT2D eigenvalue weighted by molar-refractivity contribution is 5.89. The van der Waals surface area contributed by atoms with Crippen LogP contribution in [0.5, 0.6) is 0 Å². The molecule has 10 atom stereocenters. The number of Topliss-reactive ketones (excluding diaryl/α,β-unsaturated/α-hetero) is 1. The molecule has 170 valence electrons. The summed E-state index contributed by atoms with van der Waals surface area (Å²) in [6, 6.07) is 2.00. The van der Waals surface area contributed by atoms with E-state index in [0.29, 0.717) is 23.2 Å². The van der Waals surface area contributed by atoms with E-state index in [4.69, 9.17) is 11.0 Å². The van der Waals surface area contributed by atoms with E-state index in [-0.39, 0.29) is 17.9 Å². The van der Waals surface area contributed by atoms with Gasteiger partial charge in [0.15, 0.2) is 5.78 Å². The number of aliphatic imine (C=N–C) groups is 1. The molecular formula is C27H41N3O. The highest BCUT2D eigenvalue weighted by atomic mass is 16.1. The number of nitrogens with two attached hydrogens (primary N) is 1. The van der Waals surface area contributed by atoms with Crippen LogP contribution in [-0.4, -0.2) is 18.5 Å². The van der Waals surface area contributed by atoms with Gasteiger partial charge in [0.1, 0.15) is 6.07 Å². The number of fused-ring (bicyclic) bond motifs is 5. The van der Waals surface area contributed by atoms with Crippen molar-refractivity contribution in [3.05, 3.63) is 11.8 Å². The number of ketones is 1. The standard InChI is InChI=1S/C27H41N3O/c1-5-7-19-18(6-2)8-9-21-20(19)10-11-27(4)25(21)23-16(3)24(23)26(27)22(31)15-30-14-17(12-28)13-29/h12,14,16,18-21,23-26H,5-11,15,28H2,1-4H3. The summed E-state index contributed by atoms with van der Waals surface area (Å²) in [6.07, 6.45) is 12.0. The summed E-state index contributed by atoms with van der Waals surface area (Å²) in [4.78, 5) is 17.7. The monoisotopic (exact) mass is 423 g/mol. The van der Waals surface area contributed by atoms with E-state index in [2.05, 4.69) is 32.7 Å². The van der Waals surface area contributed by atoms with Gasteiger partial charge < -0.3 is 5.73 Å². The summed E-state index contributed by atoms with van der Waals surface area (Å²) in [5.41, 5.74) is 5.89. The maximum absolute atomic E-state index is 13.4. The van der Waals surface area contributed by atoms with Crippen LogP contribution in [0.25, 0.3) is 0 Å². The van der Waals surface area contributed by atoms with E-state index in [1.165, 1.54) is 57.4 Å². The Morgan fingerprint density at radius 1 is 1.23 bits per heavy atom. The molecule has 4 rings (SSSR count). The average Bonchev–Trinajstić information content (AvgIpc) is 3.28. The molecule has 0 heterocycles. The average molecular weight is 424 g/mol. The minimum atomic E-state index is 0.146. The molecule has 0 amide bonds. The number of nitriles is 1. The van der Waals surface area contributed by atoms with Crippen LogP contribution >= 0.6 is 0 Å². The van der Waals surface area contributed by atoms with Gasteiger partial charge >= 0.3 is 0 Å². The Morgan fingerprint density at radius 2 is 2.00 bits per heavy atom. The molecule has 0 aliphatic heterocycles. The van der Waals surface area contributed by atoms with Gasteiger partial charge in [0, 0.05) is 18.3 Å². The summed E-state index contributed by atoms with van der Waals surface area (Å²) >= 11 is 0. The van der Waals surface area contributed by atoms with Gasteiger partial charge in [-0.1, -0.05) is 47.0 Å². The van der Waals surface area contributed by atoms with Crippen LogP contribution < -0.4 is 5.73 Å². The fourth-order valence-electron chi connectivity index (χ4n) is 8.97. The first-order valence-corrected chi connectivity index (χ1v) is 12.8. The molecule has 31 heavy (non-hydrogen) atoms. The van der Waals surface area contributed by atoms with E-state index in [0.717, 1.165) is 35.5 Å². The number of hydrogen-bond acceptors (Lipinski definition) is 4. The Labute approximate surface area is 188 Å². The quantitative estimate of drug-likeness (QED) is 0.440. The van der Waals surface area contributed by atoms with Crippen molar-refractivity contribution < 1.29 is 4.79 Å². The third kappa shape index (κ3) is 3.57. The predicted octanol–water partition coefficient (Wildman–Crippen LogP) is 5.39. The third-order valence-electron chi connectivity index (χ3n) is 10.1. The van der Waals surface area contributed by atoms with Gasteiger partial charge in [-0.15, -0.1) is 0 Å². The molecule has 0 saturated heterocycles.